The van der Waals surface area contributed by atoms with E-state index in [4.69, 9.17) is 9.59 Å². The number of aliphatic hydroxyl groups is 1. The second-order valence-corrected chi connectivity index (χ2v) is 14.7. The predicted octanol–water partition coefficient (Wildman–Crippen LogP) is 1.60. The van der Waals surface area contributed by atoms with Crippen LogP contribution in [0.4, 0.5) is 0 Å². The zero-order valence-electron chi connectivity index (χ0n) is 32.2. The molecule has 6 atom stereocenters. The highest BCUT2D eigenvalue weighted by Gasteiger charge is 2.41. The summed E-state index contributed by atoms with van der Waals surface area (Å²) < 4.78 is 0. The molecule has 3 fully saturated rings. The maximum absolute atomic E-state index is 14.2. The Balaban J connectivity index is 0.00000262. The molecule has 1 aliphatic carbocycles. The van der Waals surface area contributed by atoms with E-state index in [1.54, 1.807) is 12.1 Å². The number of rotatable bonds is 15. The lowest BCUT2D eigenvalue weighted by Gasteiger charge is -2.38. The highest BCUT2D eigenvalue weighted by Crippen LogP contribution is 2.29. The van der Waals surface area contributed by atoms with Gasteiger partial charge in [0, 0.05) is 26.1 Å². The molecule has 0 aromatic heterocycles. The van der Waals surface area contributed by atoms with E-state index in [-0.39, 0.29) is 37.3 Å². The Morgan fingerprint density at radius 1 is 0.782 bits per heavy atom. The van der Waals surface area contributed by atoms with E-state index in [2.05, 4.69) is 21.3 Å². The number of phenolic OH excluding ortho intramolecular Hbond substituents is 1. The van der Waals surface area contributed by atoms with E-state index in [0.717, 1.165) is 19.3 Å². The van der Waals surface area contributed by atoms with Gasteiger partial charge in [-0.25, -0.2) is 0 Å². The van der Waals surface area contributed by atoms with E-state index >= 15 is 0 Å². The lowest BCUT2D eigenvalue weighted by molar-refractivity contribution is -0.191. The second kappa shape index (κ2) is 22.5. The number of nitrogens with one attached hydrogen (secondary N) is 4. The number of amides is 6. The summed E-state index contributed by atoms with van der Waals surface area (Å²) in [6.07, 6.45) is 9.20. The molecule has 1 aromatic rings. The van der Waals surface area contributed by atoms with Gasteiger partial charge in [0.25, 0.3) is 0 Å². The molecule has 1 saturated carbocycles. The molecular weight excluding hydrogens is 712 g/mol. The molecular formula is C39H58N6O10. The summed E-state index contributed by atoms with van der Waals surface area (Å²) in [5.74, 6) is -2.25. The van der Waals surface area contributed by atoms with E-state index in [0.29, 0.717) is 56.6 Å². The van der Waals surface area contributed by atoms with Gasteiger partial charge in [-0.1, -0.05) is 51.2 Å². The van der Waals surface area contributed by atoms with Crippen molar-refractivity contribution < 1.29 is 48.6 Å². The third kappa shape index (κ3) is 13.2. The van der Waals surface area contributed by atoms with Gasteiger partial charge in [0.15, 0.2) is 0 Å². The van der Waals surface area contributed by atoms with E-state index in [1.807, 2.05) is 6.92 Å². The van der Waals surface area contributed by atoms with Gasteiger partial charge in [-0.15, -0.1) is 0 Å². The molecule has 0 spiro atoms. The van der Waals surface area contributed by atoms with Gasteiger partial charge in [-0.05, 0) is 82.4 Å². The van der Waals surface area contributed by atoms with Crippen LogP contribution in [0, 0.1) is 5.92 Å². The molecule has 6 N–H and O–H groups in total. The molecule has 304 valence electrons. The molecule has 4 rings (SSSR count). The first-order valence-electron chi connectivity index (χ1n) is 19.6. The topological polar surface area (TPSA) is 232 Å². The van der Waals surface area contributed by atoms with Crippen LogP contribution < -0.4 is 21.3 Å². The van der Waals surface area contributed by atoms with Crippen molar-refractivity contribution in [2.75, 3.05) is 19.6 Å². The van der Waals surface area contributed by atoms with Crippen molar-refractivity contribution in [2.45, 2.75) is 141 Å². The maximum Gasteiger partial charge on any atom is 0.373 e. The fraction of sp³-hybridized carbons (Fsp3) is 0.667. The first kappa shape index (κ1) is 44.6. The average Bonchev–Trinajstić information content (AvgIpc) is 3.68. The van der Waals surface area contributed by atoms with Crippen molar-refractivity contribution in [3.63, 3.8) is 0 Å². The number of likely N-dealkylation sites (tertiary alicyclic amines) is 2. The second-order valence-electron chi connectivity index (χ2n) is 14.7. The van der Waals surface area contributed by atoms with Crippen LogP contribution in [0.3, 0.4) is 0 Å². The van der Waals surface area contributed by atoms with Gasteiger partial charge in [0.2, 0.25) is 35.4 Å². The van der Waals surface area contributed by atoms with Crippen LogP contribution in [0.1, 0.15) is 116 Å². The Hall–Kier alpha value is -4.82. The number of nitrogens with zero attached hydrogens (tertiary/aromatic N) is 2. The number of hydrogen-bond donors (Lipinski definition) is 6. The number of benzene rings is 1. The number of aliphatic hydroxyl groups excluding tert-OH is 1. The monoisotopic (exact) mass is 770 g/mol. The summed E-state index contributed by atoms with van der Waals surface area (Å²) in [7, 11) is 0. The highest BCUT2D eigenvalue weighted by atomic mass is 16.3. The van der Waals surface area contributed by atoms with Crippen LogP contribution in [-0.2, 0) is 38.4 Å². The molecule has 2 aliphatic heterocycles. The fourth-order valence-electron chi connectivity index (χ4n) is 7.57. The summed E-state index contributed by atoms with van der Waals surface area (Å²) in [5, 5.41) is 31.0. The van der Waals surface area contributed by atoms with Crippen LogP contribution >= 0.6 is 0 Å². The molecule has 0 radical (unpaired) electrons. The summed E-state index contributed by atoms with van der Waals surface area (Å²) in [6, 6.07) is 1.04. The predicted molar refractivity (Wildman–Crippen MR) is 198 cm³/mol. The number of aromatic hydroxyl groups is 1. The van der Waals surface area contributed by atoms with Crippen LogP contribution in [0.2, 0.25) is 0 Å². The van der Waals surface area contributed by atoms with E-state index in [1.165, 1.54) is 55.0 Å². The van der Waals surface area contributed by atoms with Crippen LogP contribution in [0.15, 0.2) is 24.3 Å². The first-order chi connectivity index (χ1) is 26.3. The van der Waals surface area contributed by atoms with Crippen LogP contribution in [-0.4, -0.2) is 112 Å². The van der Waals surface area contributed by atoms with Crippen LogP contribution in [0.25, 0.3) is 0 Å². The number of phenols is 1. The summed E-state index contributed by atoms with van der Waals surface area (Å²) >= 11 is 0. The zero-order valence-corrected chi connectivity index (χ0v) is 32.2. The van der Waals surface area contributed by atoms with E-state index in [9.17, 15) is 39.0 Å². The average molecular weight is 771 g/mol. The van der Waals surface area contributed by atoms with Crippen LogP contribution in [0.5, 0.6) is 5.75 Å². The van der Waals surface area contributed by atoms with Gasteiger partial charge in [-0.3, -0.25) is 28.8 Å². The third-order valence-corrected chi connectivity index (χ3v) is 10.6. The summed E-state index contributed by atoms with van der Waals surface area (Å²) in [5.41, 5.74) is 0.487. The highest BCUT2D eigenvalue weighted by molar-refractivity contribution is 5.97. The molecule has 16 nitrogen and oxygen atoms in total. The van der Waals surface area contributed by atoms with Crippen molar-refractivity contribution in [1.82, 2.24) is 31.1 Å². The lowest BCUT2D eigenvalue weighted by atomic mass is 9.86. The summed E-state index contributed by atoms with van der Waals surface area (Å²) in [6.45, 7) is 5.78. The Kier molecular flexibility index (Phi) is 18.3. The fourth-order valence-corrected chi connectivity index (χ4v) is 7.57. The lowest BCUT2D eigenvalue weighted by Crippen LogP contribution is -2.60. The molecule has 16 heteroatoms. The number of hydrogen-bond acceptors (Lipinski definition) is 10. The minimum absolute atomic E-state index is 0.0189. The van der Waals surface area contributed by atoms with Gasteiger partial charge < -0.3 is 41.3 Å². The number of carbonyl (C=O) groups is 6. The first-order valence-corrected chi connectivity index (χ1v) is 19.6. The maximum atomic E-state index is 14.2. The standard InChI is InChI=1S/C38H58N6O8.CO2/c1-4-21-39-36(50)32(25(3)45)42-35(49)30-14-10-23-43(30)37(51)24(2)40-34(48)29-13-8-9-22-44(29)38(52)33(27-16-18-28(46)19-17-27)41-31(47)20-15-26-11-6-5-7-12-26;2-1-3/h16-19,24-26,29-30,32-33,45-46H,4-15,20-23H2,1-3H3,(H,39,50)(H,40,48)(H,41,47)(H,42,49);/t24-,25+,29-,30-,32-,33-;/m0./s1. The molecule has 1 aromatic carbocycles. The zero-order chi connectivity index (χ0) is 40.5. The van der Waals surface area contributed by atoms with Gasteiger partial charge >= 0.3 is 6.15 Å². The van der Waals surface area contributed by atoms with Gasteiger partial charge in [-0.2, -0.15) is 9.59 Å². The van der Waals surface area contributed by atoms with Gasteiger partial charge in [0.1, 0.15) is 36.0 Å². The van der Waals surface area contributed by atoms with Crippen molar-refractivity contribution in [3.8, 4) is 5.75 Å². The Morgan fingerprint density at radius 3 is 1.96 bits per heavy atom. The van der Waals surface area contributed by atoms with Crippen molar-refractivity contribution in [3.05, 3.63) is 29.8 Å². The normalized spacial score (nSPS) is 20.7. The molecule has 2 saturated heterocycles. The molecule has 0 unspecified atom stereocenters. The van der Waals surface area contributed by atoms with Crippen molar-refractivity contribution >= 4 is 41.6 Å². The largest absolute Gasteiger partial charge is 0.508 e. The molecule has 55 heavy (non-hydrogen) atoms. The quantitative estimate of drug-likeness (QED) is 0.151. The molecule has 6 amide bonds. The Morgan fingerprint density at radius 2 is 1.35 bits per heavy atom. The molecule has 2 heterocycles. The number of piperidine rings is 1. The number of carbonyl (C=O) groups excluding carboxylic acids is 8. The Bertz CT molecular complexity index is 1490. The SMILES string of the molecule is CCCNC(=O)[C@@H](NC(=O)[C@@H]1CCCN1C(=O)[C@H](C)NC(=O)[C@@H]1CCCCN1C(=O)[C@@H](NC(=O)CCC1CCCCC1)c1ccc(O)cc1)[C@@H](C)O.O=C=O. The smallest absolute Gasteiger partial charge is 0.373 e. The third-order valence-electron chi connectivity index (χ3n) is 10.6. The summed E-state index contributed by atoms with van der Waals surface area (Å²) in [4.78, 5) is 99.9. The van der Waals surface area contributed by atoms with E-state index < -0.39 is 65.8 Å². The van der Waals surface area contributed by atoms with Gasteiger partial charge in [0.05, 0.1) is 6.10 Å². The van der Waals surface area contributed by atoms with Crippen molar-refractivity contribution in [2.24, 2.45) is 5.92 Å². The minimum atomic E-state index is -1.18. The Labute approximate surface area is 322 Å². The minimum Gasteiger partial charge on any atom is -0.508 e. The molecule has 0 bridgehead atoms. The molecule has 3 aliphatic rings. The van der Waals surface area contributed by atoms with Crippen molar-refractivity contribution in [1.29, 1.82) is 0 Å².